The van der Waals surface area contributed by atoms with Gasteiger partial charge in [-0.15, -0.1) is 11.3 Å². The van der Waals surface area contributed by atoms with E-state index in [1.165, 1.54) is 17.4 Å². The summed E-state index contributed by atoms with van der Waals surface area (Å²) in [4.78, 5) is 45.1. The lowest BCUT2D eigenvalue weighted by molar-refractivity contribution is -0.145. The van der Waals surface area contributed by atoms with Crippen molar-refractivity contribution in [1.82, 2.24) is 14.8 Å². The zero-order valence-corrected chi connectivity index (χ0v) is 18.6. The molecule has 2 aromatic rings. The summed E-state index contributed by atoms with van der Waals surface area (Å²) in [5, 5.41) is 4.98. The van der Waals surface area contributed by atoms with Crippen molar-refractivity contribution in [2.24, 2.45) is 0 Å². The van der Waals surface area contributed by atoms with Crippen LogP contribution in [0.1, 0.15) is 24.1 Å². The van der Waals surface area contributed by atoms with Crippen molar-refractivity contribution in [3.8, 4) is 0 Å². The van der Waals surface area contributed by atoms with Crippen LogP contribution >= 0.6 is 11.3 Å². The predicted octanol–water partition coefficient (Wildman–Crippen LogP) is 2.19. The molecule has 2 saturated heterocycles. The Kier molecular flexibility index (Phi) is 7.28. The van der Waals surface area contributed by atoms with Gasteiger partial charge in [0.15, 0.2) is 5.13 Å². The Hall–Kier alpha value is -3.04. The standard InChI is InChI=1S/C23H26N4O4S/c28-20(9-8-17-5-2-1-3-6-17)25-23-24-18(16-32-23)15-21(29)26-10-12-27(13-11-26)22(30)19-7-4-14-31-19/h1-3,5-6,8-9,16,19H,4,7,10-15H2,(H,24,25,28)/b9-8+. The number of amides is 3. The molecule has 1 unspecified atom stereocenters. The molecule has 0 radical (unpaired) electrons. The lowest BCUT2D eigenvalue weighted by Gasteiger charge is -2.35. The number of piperazine rings is 1. The predicted molar refractivity (Wildman–Crippen MR) is 122 cm³/mol. The highest BCUT2D eigenvalue weighted by Crippen LogP contribution is 2.18. The second kappa shape index (κ2) is 10.5. The average molecular weight is 455 g/mol. The van der Waals surface area contributed by atoms with Crippen LogP contribution in [0.5, 0.6) is 0 Å². The fraction of sp³-hybridized carbons (Fsp3) is 0.391. The molecule has 168 valence electrons. The summed E-state index contributed by atoms with van der Waals surface area (Å²) in [7, 11) is 0. The molecule has 0 spiro atoms. The summed E-state index contributed by atoms with van der Waals surface area (Å²) < 4.78 is 5.48. The number of nitrogens with one attached hydrogen (secondary N) is 1. The van der Waals surface area contributed by atoms with Crippen LogP contribution in [0, 0.1) is 0 Å². The third kappa shape index (κ3) is 5.80. The Morgan fingerprint density at radius 3 is 2.59 bits per heavy atom. The molecule has 3 heterocycles. The molecule has 2 aliphatic heterocycles. The van der Waals surface area contributed by atoms with Gasteiger partial charge in [0.1, 0.15) is 6.10 Å². The molecule has 8 nitrogen and oxygen atoms in total. The summed E-state index contributed by atoms with van der Waals surface area (Å²) in [6.45, 7) is 2.71. The maximum atomic E-state index is 12.7. The second-order valence-electron chi connectivity index (χ2n) is 7.76. The van der Waals surface area contributed by atoms with Gasteiger partial charge in [0.05, 0.1) is 12.1 Å². The lowest BCUT2D eigenvalue weighted by Crippen LogP contribution is -2.53. The number of carbonyl (C=O) groups is 3. The SMILES string of the molecule is O=C(/C=C/c1ccccc1)Nc1nc(CC(=O)N2CCN(C(=O)C3CCCO3)CC2)cs1. The highest BCUT2D eigenvalue weighted by molar-refractivity contribution is 7.14. The summed E-state index contributed by atoms with van der Waals surface area (Å²) in [6, 6.07) is 9.55. The summed E-state index contributed by atoms with van der Waals surface area (Å²) in [6.07, 6.45) is 4.75. The highest BCUT2D eigenvalue weighted by Gasteiger charge is 2.31. The first-order valence-corrected chi connectivity index (χ1v) is 11.6. The number of ether oxygens (including phenoxy) is 1. The van der Waals surface area contributed by atoms with Gasteiger partial charge >= 0.3 is 0 Å². The van der Waals surface area contributed by atoms with E-state index in [0.717, 1.165) is 18.4 Å². The number of carbonyl (C=O) groups excluding carboxylic acids is 3. The number of hydrogen-bond acceptors (Lipinski definition) is 6. The molecule has 1 N–H and O–H groups in total. The molecule has 2 aliphatic rings. The fourth-order valence-electron chi connectivity index (χ4n) is 3.75. The summed E-state index contributed by atoms with van der Waals surface area (Å²) >= 11 is 1.29. The van der Waals surface area contributed by atoms with Crippen LogP contribution in [0.2, 0.25) is 0 Å². The number of anilines is 1. The van der Waals surface area contributed by atoms with E-state index in [1.807, 2.05) is 30.3 Å². The minimum absolute atomic E-state index is 0.0265. The van der Waals surface area contributed by atoms with Gasteiger partial charge in [-0.3, -0.25) is 19.7 Å². The van der Waals surface area contributed by atoms with Crippen molar-refractivity contribution in [2.75, 3.05) is 38.1 Å². The monoisotopic (exact) mass is 454 g/mol. The van der Waals surface area contributed by atoms with Gasteiger partial charge in [-0.1, -0.05) is 30.3 Å². The number of benzene rings is 1. The van der Waals surface area contributed by atoms with E-state index in [9.17, 15) is 14.4 Å². The molecule has 1 aromatic carbocycles. The van der Waals surface area contributed by atoms with Crippen LogP contribution in [-0.4, -0.2) is 71.4 Å². The van der Waals surface area contributed by atoms with Crippen LogP contribution in [0.3, 0.4) is 0 Å². The first-order chi connectivity index (χ1) is 15.6. The van der Waals surface area contributed by atoms with Crippen LogP contribution in [0.15, 0.2) is 41.8 Å². The molecule has 1 aromatic heterocycles. The Bertz CT molecular complexity index is 977. The molecule has 4 rings (SSSR count). The number of hydrogen-bond donors (Lipinski definition) is 1. The van der Waals surface area contributed by atoms with Crippen LogP contribution in [0.4, 0.5) is 5.13 Å². The second-order valence-corrected chi connectivity index (χ2v) is 8.62. The van der Waals surface area contributed by atoms with Crippen molar-refractivity contribution in [2.45, 2.75) is 25.4 Å². The average Bonchev–Trinajstić information content (AvgIpc) is 3.51. The van der Waals surface area contributed by atoms with Crippen molar-refractivity contribution in [3.63, 3.8) is 0 Å². The van der Waals surface area contributed by atoms with E-state index in [2.05, 4.69) is 10.3 Å². The van der Waals surface area contributed by atoms with Crippen LogP contribution in [-0.2, 0) is 25.5 Å². The Labute approximate surface area is 190 Å². The van der Waals surface area contributed by atoms with Gasteiger partial charge in [-0.05, 0) is 24.5 Å². The zero-order chi connectivity index (χ0) is 22.3. The zero-order valence-electron chi connectivity index (χ0n) is 17.7. The third-order valence-corrected chi connectivity index (χ3v) is 6.30. The topological polar surface area (TPSA) is 91.8 Å². The number of nitrogens with zero attached hydrogens (tertiary/aromatic N) is 3. The lowest BCUT2D eigenvalue weighted by atomic mass is 10.2. The van der Waals surface area contributed by atoms with Crippen molar-refractivity contribution in [3.05, 3.63) is 53.0 Å². The van der Waals surface area contributed by atoms with E-state index in [-0.39, 0.29) is 30.2 Å². The maximum Gasteiger partial charge on any atom is 0.251 e. The Balaban J connectivity index is 1.23. The molecule has 9 heteroatoms. The van der Waals surface area contributed by atoms with E-state index in [1.54, 1.807) is 21.3 Å². The molecule has 3 amide bonds. The molecule has 0 saturated carbocycles. The van der Waals surface area contributed by atoms with Gasteiger partial charge in [0, 0.05) is 44.2 Å². The van der Waals surface area contributed by atoms with Crippen molar-refractivity contribution >= 4 is 40.3 Å². The van der Waals surface area contributed by atoms with Gasteiger partial charge in [0.2, 0.25) is 11.8 Å². The molecule has 1 atom stereocenters. The molecular weight excluding hydrogens is 428 g/mol. The Morgan fingerprint density at radius 2 is 1.88 bits per heavy atom. The highest BCUT2D eigenvalue weighted by atomic mass is 32.1. The van der Waals surface area contributed by atoms with Gasteiger partial charge in [-0.25, -0.2) is 4.98 Å². The van der Waals surface area contributed by atoms with Gasteiger partial charge in [-0.2, -0.15) is 0 Å². The van der Waals surface area contributed by atoms with Gasteiger partial charge < -0.3 is 14.5 Å². The largest absolute Gasteiger partial charge is 0.368 e. The molecule has 0 bridgehead atoms. The quantitative estimate of drug-likeness (QED) is 0.676. The van der Waals surface area contributed by atoms with Crippen LogP contribution < -0.4 is 5.32 Å². The smallest absolute Gasteiger partial charge is 0.251 e. The van der Waals surface area contributed by atoms with Gasteiger partial charge in [0.25, 0.3) is 5.91 Å². The minimum atomic E-state index is -0.316. The molecule has 0 aliphatic carbocycles. The van der Waals surface area contributed by atoms with E-state index in [0.29, 0.717) is 43.6 Å². The third-order valence-electron chi connectivity index (χ3n) is 5.49. The first kappa shape index (κ1) is 22.2. The van der Waals surface area contributed by atoms with E-state index >= 15 is 0 Å². The molecule has 32 heavy (non-hydrogen) atoms. The van der Waals surface area contributed by atoms with Crippen molar-refractivity contribution < 1.29 is 19.1 Å². The molecule has 2 fully saturated rings. The number of rotatable bonds is 6. The van der Waals surface area contributed by atoms with E-state index < -0.39 is 0 Å². The van der Waals surface area contributed by atoms with Crippen LogP contribution in [0.25, 0.3) is 6.08 Å². The minimum Gasteiger partial charge on any atom is -0.368 e. The maximum absolute atomic E-state index is 12.7. The fourth-order valence-corrected chi connectivity index (χ4v) is 4.46. The van der Waals surface area contributed by atoms with Crippen molar-refractivity contribution in [1.29, 1.82) is 0 Å². The molecular formula is C23H26N4O4S. The number of aromatic nitrogens is 1. The summed E-state index contributed by atoms with van der Waals surface area (Å²) in [5.74, 6) is -0.259. The first-order valence-electron chi connectivity index (χ1n) is 10.7. The van der Waals surface area contributed by atoms with E-state index in [4.69, 9.17) is 4.74 Å². The number of thiazole rings is 1. The summed E-state index contributed by atoms with van der Waals surface area (Å²) in [5.41, 5.74) is 1.56. The normalized spacial score (nSPS) is 18.8. The Morgan fingerprint density at radius 1 is 1.12 bits per heavy atom.